The van der Waals surface area contributed by atoms with E-state index in [1.807, 2.05) is 38.1 Å². The summed E-state index contributed by atoms with van der Waals surface area (Å²) in [4.78, 5) is 12.0. The first-order chi connectivity index (χ1) is 8.48. The van der Waals surface area contributed by atoms with Crippen LogP contribution in [-0.4, -0.2) is 18.7 Å². The van der Waals surface area contributed by atoms with Gasteiger partial charge in [0.1, 0.15) is 5.75 Å². The number of hydrogen-bond donors (Lipinski definition) is 0. The molecule has 1 atom stereocenters. The Morgan fingerprint density at radius 1 is 1.44 bits per heavy atom. The topological polar surface area (TPSA) is 35.5 Å². The maximum absolute atomic E-state index is 12.0. The van der Waals surface area contributed by atoms with Crippen molar-refractivity contribution in [3.05, 3.63) is 36.4 Å². The molecule has 0 saturated heterocycles. The van der Waals surface area contributed by atoms with Crippen molar-refractivity contribution in [1.82, 2.24) is 0 Å². The fourth-order valence-electron chi connectivity index (χ4n) is 2.16. The molecule has 1 heterocycles. The standard InChI is InChI=1S/C15H18O3/c1-5-17-14(16)13-15(3,4)10(2)11-8-6-7-9-12(11)18-13/h6-9,13H,2,5H2,1,3-4H3. The predicted molar refractivity (Wildman–Crippen MR) is 70.3 cm³/mol. The van der Waals surface area contributed by atoms with Crippen LogP contribution in [0.5, 0.6) is 5.75 Å². The summed E-state index contributed by atoms with van der Waals surface area (Å²) in [5.74, 6) is 0.359. The van der Waals surface area contributed by atoms with E-state index in [0.29, 0.717) is 12.4 Å². The normalized spacial score (nSPS) is 20.8. The lowest BCUT2D eigenvalue weighted by Crippen LogP contribution is -2.45. The number of rotatable bonds is 2. The largest absolute Gasteiger partial charge is 0.477 e. The monoisotopic (exact) mass is 246 g/mol. The highest BCUT2D eigenvalue weighted by Gasteiger charge is 2.45. The Bertz CT molecular complexity index is 488. The summed E-state index contributed by atoms with van der Waals surface area (Å²) in [5.41, 5.74) is 1.39. The third-order valence-electron chi connectivity index (χ3n) is 3.39. The summed E-state index contributed by atoms with van der Waals surface area (Å²) >= 11 is 0. The SMILES string of the molecule is C=C1c2ccccc2OC(C(=O)OCC)C1(C)C. The fraction of sp³-hybridized carbons (Fsp3) is 0.400. The molecule has 0 spiro atoms. The van der Waals surface area contributed by atoms with E-state index in [-0.39, 0.29) is 5.97 Å². The first-order valence-electron chi connectivity index (χ1n) is 6.10. The molecule has 0 aromatic heterocycles. The van der Waals surface area contributed by atoms with E-state index < -0.39 is 11.5 Å². The van der Waals surface area contributed by atoms with Crippen LogP contribution in [-0.2, 0) is 9.53 Å². The van der Waals surface area contributed by atoms with Gasteiger partial charge in [0.2, 0.25) is 6.10 Å². The van der Waals surface area contributed by atoms with Crippen molar-refractivity contribution in [2.24, 2.45) is 5.41 Å². The highest BCUT2D eigenvalue weighted by Crippen LogP contribution is 2.46. The molecule has 0 amide bonds. The van der Waals surface area contributed by atoms with Gasteiger partial charge in [-0.15, -0.1) is 0 Å². The minimum absolute atomic E-state index is 0.335. The molecule has 0 saturated carbocycles. The minimum Gasteiger partial charge on any atom is -0.477 e. The highest BCUT2D eigenvalue weighted by atomic mass is 16.6. The molecule has 3 heteroatoms. The van der Waals surface area contributed by atoms with Crippen molar-refractivity contribution < 1.29 is 14.3 Å². The van der Waals surface area contributed by atoms with E-state index in [2.05, 4.69) is 6.58 Å². The van der Waals surface area contributed by atoms with Crippen LogP contribution in [0.1, 0.15) is 26.3 Å². The number of para-hydroxylation sites is 1. The summed E-state index contributed by atoms with van der Waals surface area (Å²) in [6.07, 6.45) is -0.639. The second-order valence-corrected chi connectivity index (χ2v) is 4.95. The van der Waals surface area contributed by atoms with Gasteiger partial charge in [-0.2, -0.15) is 0 Å². The van der Waals surface area contributed by atoms with Crippen LogP contribution in [0.2, 0.25) is 0 Å². The van der Waals surface area contributed by atoms with Gasteiger partial charge in [0, 0.05) is 11.0 Å². The molecule has 2 rings (SSSR count). The maximum Gasteiger partial charge on any atom is 0.348 e. The molecule has 0 radical (unpaired) electrons. The lowest BCUT2D eigenvalue weighted by atomic mass is 9.74. The van der Waals surface area contributed by atoms with Crippen LogP contribution < -0.4 is 4.74 Å². The minimum atomic E-state index is -0.639. The Balaban J connectivity index is 2.41. The third-order valence-corrected chi connectivity index (χ3v) is 3.39. The molecular formula is C15H18O3. The smallest absolute Gasteiger partial charge is 0.348 e. The van der Waals surface area contributed by atoms with Crippen LogP contribution in [0, 0.1) is 5.41 Å². The molecule has 0 N–H and O–H groups in total. The van der Waals surface area contributed by atoms with Crippen molar-refractivity contribution in [2.75, 3.05) is 6.61 Å². The number of carbonyl (C=O) groups is 1. The van der Waals surface area contributed by atoms with Gasteiger partial charge in [-0.3, -0.25) is 0 Å². The highest BCUT2D eigenvalue weighted by molar-refractivity contribution is 5.85. The van der Waals surface area contributed by atoms with E-state index in [1.165, 1.54) is 0 Å². The molecule has 0 aliphatic carbocycles. The molecule has 1 aromatic rings. The van der Waals surface area contributed by atoms with Crippen LogP contribution in [0.25, 0.3) is 5.57 Å². The van der Waals surface area contributed by atoms with Gasteiger partial charge in [0.25, 0.3) is 0 Å². The molecule has 18 heavy (non-hydrogen) atoms. The Kier molecular flexibility index (Phi) is 3.16. The third kappa shape index (κ3) is 1.90. The molecule has 0 bridgehead atoms. The number of carbonyl (C=O) groups excluding carboxylic acids is 1. The van der Waals surface area contributed by atoms with Gasteiger partial charge in [0.05, 0.1) is 6.61 Å². The predicted octanol–water partition coefficient (Wildman–Crippen LogP) is 3.05. The Labute approximate surface area is 107 Å². The zero-order valence-corrected chi connectivity index (χ0v) is 11.0. The Morgan fingerprint density at radius 3 is 2.78 bits per heavy atom. The molecule has 96 valence electrons. The first kappa shape index (κ1) is 12.7. The lowest BCUT2D eigenvalue weighted by Gasteiger charge is -2.39. The van der Waals surface area contributed by atoms with Gasteiger partial charge in [-0.25, -0.2) is 4.79 Å². The van der Waals surface area contributed by atoms with Crippen LogP contribution >= 0.6 is 0 Å². The van der Waals surface area contributed by atoms with E-state index in [0.717, 1.165) is 11.1 Å². The molecule has 1 unspecified atom stereocenters. The number of hydrogen-bond acceptors (Lipinski definition) is 3. The summed E-state index contributed by atoms with van der Waals surface area (Å²) in [5, 5.41) is 0. The van der Waals surface area contributed by atoms with Crippen molar-refractivity contribution >= 4 is 11.5 Å². The first-order valence-corrected chi connectivity index (χ1v) is 6.10. The van der Waals surface area contributed by atoms with Crippen LogP contribution in [0.4, 0.5) is 0 Å². The van der Waals surface area contributed by atoms with E-state index in [9.17, 15) is 4.79 Å². The molecule has 1 aromatic carbocycles. The van der Waals surface area contributed by atoms with E-state index in [1.54, 1.807) is 6.92 Å². The van der Waals surface area contributed by atoms with Crippen molar-refractivity contribution in [1.29, 1.82) is 0 Å². The van der Waals surface area contributed by atoms with Crippen LogP contribution in [0.3, 0.4) is 0 Å². The zero-order chi connectivity index (χ0) is 13.3. The van der Waals surface area contributed by atoms with Crippen molar-refractivity contribution in [2.45, 2.75) is 26.9 Å². The van der Waals surface area contributed by atoms with Gasteiger partial charge >= 0.3 is 5.97 Å². The number of esters is 1. The van der Waals surface area contributed by atoms with E-state index in [4.69, 9.17) is 9.47 Å². The fourth-order valence-corrected chi connectivity index (χ4v) is 2.16. The molecule has 1 aliphatic rings. The molecule has 0 fully saturated rings. The number of fused-ring (bicyclic) bond motifs is 1. The molecule has 1 aliphatic heterocycles. The quantitative estimate of drug-likeness (QED) is 0.752. The van der Waals surface area contributed by atoms with Crippen molar-refractivity contribution in [3.63, 3.8) is 0 Å². The van der Waals surface area contributed by atoms with Gasteiger partial charge in [-0.1, -0.05) is 38.6 Å². The number of benzene rings is 1. The summed E-state index contributed by atoms with van der Waals surface area (Å²) in [6.45, 7) is 10.2. The van der Waals surface area contributed by atoms with Crippen LogP contribution in [0.15, 0.2) is 30.8 Å². The molecular weight excluding hydrogens is 228 g/mol. The Hall–Kier alpha value is -1.77. The average molecular weight is 246 g/mol. The van der Waals surface area contributed by atoms with Gasteiger partial charge in [0.15, 0.2) is 0 Å². The van der Waals surface area contributed by atoms with E-state index >= 15 is 0 Å². The summed E-state index contributed by atoms with van der Waals surface area (Å²) < 4.78 is 10.9. The second-order valence-electron chi connectivity index (χ2n) is 4.95. The zero-order valence-electron chi connectivity index (χ0n) is 11.0. The summed E-state index contributed by atoms with van der Waals surface area (Å²) in [7, 11) is 0. The lowest BCUT2D eigenvalue weighted by molar-refractivity contribution is -0.155. The van der Waals surface area contributed by atoms with Crippen molar-refractivity contribution in [3.8, 4) is 5.75 Å². The summed E-state index contributed by atoms with van der Waals surface area (Å²) in [6, 6.07) is 7.63. The molecule has 3 nitrogen and oxygen atoms in total. The Morgan fingerprint density at radius 2 is 2.11 bits per heavy atom. The van der Waals surface area contributed by atoms with Gasteiger partial charge < -0.3 is 9.47 Å². The average Bonchev–Trinajstić information content (AvgIpc) is 2.34. The number of ether oxygens (including phenoxy) is 2. The van der Waals surface area contributed by atoms with Gasteiger partial charge in [-0.05, 0) is 18.6 Å². The second kappa shape index (κ2) is 4.48. The maximum atomic E-state index is 12.0.